The van der Waals surface area contributed by atoms with Crippen LogP contribution in [0.3, 0.4) is 0 Å². The van der Waals surface area contributed by atoms with E-state index in [-0.39, 0.29) is 5.91 Å². The van der Waals surface area contributed by atoms with Crippen molar-refractivity contribution in [3.63, 3.8) is 0 Å². The van der Waals surface area contributed by atoms with Crippen molar-refractivity contribution < 1.29 is 4.79 Å². The van der Waals surface area contributed by atoms with Crippen LogP contribution in [0.2, 0.25) is 0 Å². The van der Waals surface area contributed by atoms with Gasteiger partial charge in [0.25, 0.3) is 5.91 Å². The van der Waals surface area contributed by atoms with Crippen LogP contribution >= 0.6 is 11.3 Å². The van der Waals surface area contributed by atoms with E-state index in [1.165, 1.54) is 0 Å². The summed E-state index contributed by atoms with van der Waals surface area (Å²) in [6.45, 7) is 0.400. The lowest BCUT2D eigenvalue weighted by Crippen LogP contribution is -2.24. The largest absolute Gasteiger partial charge is 0.346 e. The highest BCUT2D eigenvalue weighted by Gasteiger charge is 2.16. The van der Waals surface area contributed by atoms with Crippen LogP contribution in [0.25, 0.3) is 16.2 Å². The van der Waals surface area contributed by atoms with E-state index in [1.54, 1.807) is 39.1 Å². The Labute approximate surface area is 141 Å². The van der Waals surface area contributed by atoms with Crippen LogP contribution < -0.4 is 5.32 Å². The van der Waals surface area contributed by atoms with Crippen LogP contribution in [0.5, 0.6) is 0 Å². The third-order valence-corrected chi connectivity index (χ3v) is 4.66. The van der Waals surface area contributed by atoms with Crippen molar-refractivity contribution >= 4 is 22.9 Å². The van der Waals surface area contributed by atoms with Gasteiger partial charge in [0.05, 0.1) is 29.0 Å². The maximum atomic E-state index is 12.5. The molecular formula is C16H14N6OS. The lowest BCUT2D eigenvalue weighted by atomic mass is 10.3. The monoisotopic (exact) mass is 338 g/mol. The molecule has 1 N–H and O–H groups in total. The van der Waals surface area contributed by atoms with Crippen LogP contribution in [0.4, 0.5) is 0 Å². The first kappa shape index (κ1) is 14.6. The van der Waals surface area contributed by atoms with Gasteiger partial charge < -0.3 is 5.32 Å². The van der Waals surface area contributed by atoms with E-state index in [0.717, 1.165) is 16.3 Å². The minimum atomic E-state index is -0.206. The summed E-state index contributed by atoms with van der Waals surface area (Å²) in [4.78, 5) is 17.9. The maximum absolute atomic E-state index is 12.5. The molecule has 0 aromatic carbocycles. The molecule has 24 heavy (non-hydrogen) atoms. The molecule has 0 aliphatic heterocycles. The number of hydrogen-bond donors (Lipinski definition) is 1. The molecule has 0 saturated heterocycles. The summed E-state index contributed by atoms with van der Waals surface area (Å²) in [5.41, 5.74) is 2.84. The van der Waals surface area contributed by atoms with E-state index in [0.29, 0.717) is 17.8 Å². The van der Waals surface area contributed by atoms with E-state index in [1.807, 2.05) is 36.7 Å². The van der Waals surface area contributed by atoms with Crippen LogP contribution in [0, 0.1) is 0 Å². The van der Waals surface area contributed by atoms with Crippen molar-refractivity contribution in [1.29, 1.82) is 0 Å². The number of aryl methyl sites for hydroxylation is 1. The quantitative estimate of drug-likeness (QED) is 0.618. The lowest BCUT2D eigenvalue weighted by Gasteiger charge is -2.05. The van der Waals surface area contributed by atoms with Crippen molar-refractivity contribution in [2.45, 2.75) is 6.54 Å². The number of fused-ring (bicyclic) bond motifs is 1. The Balaban J connectivity index is 1.64. The van der Waals surface area contributed by atoms with Gasteiger partial charge in [0.2, 0.25) is 0 Å². The lowest BCUT2D eigenvalue weighted by molar-refractivity contribution is 0.0951. The molecule has 0 spiro atoms. The zero-order valence-electron chi connectivity index (χ0n) is 12.9. The van der Waals surface area contributed by atoms with Gasteiger partial charge in [-0.05, 0) is 23.6 Å². The van der Waals surface area contributed by atoms with Crippen LogP contribution in [-0.2, 0) is 13.6 Å². The molecule has 4 heterocycles. The summed E-state index contributed by atoms with van der Waals surface area (Å²) in [6, 6.07) is 7.76. The van der Waals surface area contributed by atoms with Crippen LogP contribution in [0.15, 0.2) is 48.2 Å². The number of nitrogens with zero attached hydrogens (tertiary/aromatic N) is 5. The summed E-state index contributed by atoms with van der Waals surface area (Å²) >= 11 is 1.62. The second kappa shape index (κ2) is 5.89. The van der Waals surface area contributed by atoms with E-state index in [4.69, 9.17) is 0 Å². The summed E-state index contributed by atoms with van der Waals surface area (Å²) in [5, 5.41) is 13.3. The van der Waals surface area contributed by atoms with Gasteiger partial charge in [-0.2, -0.15) is 10.2 Å². The van der Waals surface area contributed by atoms with E-state index < -0.39 is 0 Å². The van der Waals surface area contributed by atoms with Gasteiger partial charge in [-0.25, -0.2) is 9.50 Å². The minimum absolute atomic E-state index is 0.206. The fraction of sp³-hybridized carbons (Fsp3) is 0.125. The van der Waals surface area contributed by atoms with Crippen LogP contribution in [-0.4, -0.2) is 30.3 Å². The van der Waals surface area contributed by atoms with Gasteiger partial charge in [0.15, 0.2) is 5.65 Å². The number of aromatic nitrogens is 5. The summed E-state index contributed by atoms with van der Waals surface area (Å²) in [6.07, 6.45) is 4.95. The van der Waals surface area contributed by atoms with Crippen LogP contribution in [0.1, 0.15) is 16.1 Å². The highest BCUT2D eigenvalue weighted by Crippen LogP contribution is 2.25. The number of rotatable bonds is 4. The third-order valence-electron chi connectivity index (χ3n) is 3.77. The normalized spacial score (nSPS) is 11.0. The first-order chi connectivity index (χ1) is 11.7. The molecule has 0 aliphatic rings. The molecule has 0 aliphatic carbocycles. The molecule has 4 rings (SSSR count). The SMILES string of the molecule is Cn1nccc1CNC(=O)c1cnn2c(-c3cccs3)ccnc12. The van der Waals surface area contributed by atoms with E-state index >= 15 is 0 Å². The zero-order chi connectivity index (χ0) is 16.5. The smallest absolute Gasteiger partial charge is 0.257 e. The molecule has 8 heteroatoms. The molecule has 1 amide bonds. The average Bonchev–Trinajstić information content (AvgIpc) is 3.33. The van der Waals surface area contributed by atoms with Gasteiger partial charge in [0, 0.05) is 19.4 Å². The number of amides is 1. The number of carbonyl (C=O) groups is 1. The second-order valence-electron chi connectivity index (χ2n) is 5.23. The van der Waals surface area contributed by atoms with E-state index in [2.05, 4.69) is 20.5 Å². The number of carbonyl (C=O) groups excluding carboxylic acids is 1. The average molecular weight is 338 g/mol. The standard InChI is InChI=1S/C16H14N6OS/c1-21-11(4-7-19-21)9-18-16(23)12-10-20-22-13(5-6-17-15(12)22)14-3-2-8-24-14/h2-8,10H,9H2,1H3,(H,18,23). The van der Waals surface area contributed by atoms with Crippen molar-refractivity contribution in [2.24, 2.45) is 7.05 Å². The van der Waals surface area contributed by atoms with E-state index in [9.17, 15) is 4.79 Å². The Morgan fingerprint density at radius 3 is 2.92 bits per heavy atom. The Hall–Kier alpha value is -3.00. The first-order valence-electron chi connectivity index (χ1n) is 7.36. The Morgan fingerprint density at radius 2 is 2.17 bits per heavy atom. The molecule has 0 bridgehead atoms. The number of thiophene rings is 1. The molecule has 4 aromatic heterocycles. The van der Waals surface area contributed by atoms with Gasteiger partial charge in [0.1, 0.15) is 5.56 Å². The van der Waals surface area contributed by atoms with Crippen molar-refractivity contribution in [3.8, 4) is 10.6 Å². The molecule has 0 unspecified atom stereocenters. The van der Waals surface area contributed by atoms with Gasteiger partial charge in [-0.15, -0.1) is 11.3 Å². The fourth-order valence-electron chi connectivity index (χ4n) is 2.50. The topological polar surface area (TPSA) is 77.1 Å². The Morgan fingerprint density at radius 1 is 1.25 bits per heavy atom. The third kappa shape index (κ3) is 2.46. The predicted octanol–water partition coefficient (Wildman–Crippen LogP) is 2.12. The predicted molar refractivity (Wildman–Crippen MR) is 90.7 cm³/mol. The molecule has 0 fully saturated rings. The maximum Gasteiger partial charge on any atom is 0.257 e. The van der Waals surface area contributed by atoms with Gasteiger partial charge in [-0.3, -0.25) is 9.48 Å². The highest BCUT2D eigenvalue weighted by molar-refractivity contribution is 7.13. The van der Waals surface area contributed by atoms with Gasteiger partial charge >= 0.3 is 0 Å². The molecule has 120 valence electrons. The zero-order valence-corrected chi connectivity index (χ0v) is 13.7. The number of hydrogen-bond acceptors (Lipinski definition) is 5. The van der Waals surface area contributed by atoms with Crippen molar-refractivity contribution in [3.05, 3.63) is 59.5 Å². The van der Waals surface area contributed by atoms with Gasteiger partial charge in [-0.1, -0.05) is 6.07 Å². The van der Waals surface area contributed by atoms with Crippen molar-refractivity contribution in [2.75, 3.05) is 0 Å². The molecule has 0 atom stereocenters. The Bertz CT molecular complexity index is 1000. The molecule has 0 saturated carbocycles. The molecule has 0 radical (unpaired) electrons. The molecule has 4 aromatic rings. The number of nitrogens with one attached hydrogen (secondary N) is 1. The summed E-state index contributed by atoms with van der Waals surface area (Å²) in [7, 11) is 1.84. The summed E-state index contributed by atoms with van der Waals surface area (Å²) < 4.78 is 3.42. The Kier molecular flexibility index (Phi) is 3.58. The molecular weight excluding hydrogens is 324 g/mol. The fourth-order valence-corrected chi connectivity index (χ4v) is 3.24. The summed E-state index contributed by atoms with van der Waals surface area (Å²) in [5.74, 6) is -0.206. The highest BCUT2D eigenvalue weighted by atomic mass is 32.1. The first-order valence-corrected chi connectivity index (χ1v) is 8.23. The molecule has 7 nitrogen and oxygen atoms in total. The minimum Gasteiger partial charge on any atom is -0.346 e. The second-order valence-corrected chi connectivity index (χ2v) is 6.18. The van der Waals surface area contributed by atoms with Crippen molar-refractivity contribution in [1.82, 2.24) is 29.7 Å².